The van der Waals surface area contributed by atoms with Crippen molar-refractivity contribution in [3.05, 3.63) is 47.9 Å². The molecule has 2 aromatic rings. The second-order valence-electron chi connectivity index (χ2n) is 4.83. The van der Waals surface area contributed by atoms with Crippen LogP contribution >= 0.6 is 0 Å². The summed E-state index contributed by atoms with van der Waals surface area (Å²) in [6.07, 6.45) is 2.87. The first-order valence-electron chi connectivity index (χ1n) is 7.08. The van der Waals surface area contributed by atoms with Crippen LogP contribution in [0.5, 0.6) is 11.6 Å². The van der Waals surface area contributed by atoms with E-state index >= 15 is 0 Å². The summed E-state index contributed by atoms with van der Waals surface area (Å²) in [6.45, 7) is -1.25. The summed E-state index contributed by atoms with van der Waals surface area (Å²) in [7, 11) is 0. The molecule has 2 rings (SSSR count). The SMILES string of the molecule is Cc1ccnc(OCC(C=Nc2ccc(F)c(OC(F)F)c2)=NN)c1. The minimum Gasteiger partial charge on any atom is -0.471 e. The summed E-state index contributed by atoms with van der Waals surface area (Å²) in [6, 6.07) is 6.85. The lowest BCUT2D eigenvalue weighted by Crippen LogP contribution is -2.15. The van der Waals surface area contributed by atoms with Gasteiger partial charge < -0.3 is 15.3 Å². The minimum atomic E-state index is -3.13. The van der Waals surface area contributed by atoms with E-state index in [1.54, 1.807) is 12.3 Å². The fourth-order valence-corrected chi connectivity index (χ4v) is 1.75. The number of aryl methyl sites for hydroxylation is 1. The van der Waals surface area contributed by atoms with Crippen molar-refractivity contribution in [1.82, 2.24) is 4.98 Å². The summed E-state index contributed by atoms with van der Waals surface area (Å²) in [5, 5.41) is 3.52. The normalized spacial score (nSPS) is 12.0. The lowest BCUT2D eigenvalue weighted by Gasteiger charge is -2.06. The van der Waals surface area contributed by atoms with Crippen LogP contribution in [-0.4, -0.2) is 30.1 Å². The van der Waals surface area contributed by atoms with Gasteiger partial charge in [0.2, 0.25) is 5.88 Å². The number of halogens is 3. The van der Waals surface area contributed by atoms with Crippen molar-refractivity contribution in [3.63, 3.8) is 0 Å². The maximum Gasteiger partial charge on any atom is 0.387 e. The number of pyridine rings is 1. The van der Waals surface area contributed by atoms with E-state index in [2.05, 4.69) is 19.8 Å². The summed E-state index contributed by atoms with van der Waals surface area (Å²) in [4.78, 5) is 8.01. The molecular formula is C16H15F3N4O2. The van der Waals surface area contributed by atoms with E-state index in [4.69, 9.17) is 10.6 Å². The zero-order valence-electron chi connectivity index (χ0n) is 13.2. The van der Waals surface area contributed by atoms with Crippen LogP contribution in [0.4, 0.5) is 18.9 Å². The fraction of sp³-hybridized carbons (Fsp3) is 0.188. The molecule has 0 aliphatic heterocycles. The van der Waals surface area contributed by atoms with E-state index in [1.165, 1.54) is 12.3 Å². The van der Waals surface area contributed by atoms with E-state index < -0.39 is 18.2 Å². The zero-order valence-corrected chi connectivity index (χ0v) is 13.2. The van der Waals surface area contributed by atoms with Crippen molar-refractivity contribution in [2.45, 2.75) is 13.5 Å². The lowest BCUT2D eigenvalue weighted by atomic mass is 10.3. The van der Waals surface area contributed by atoms with Gasteiger partial charge in [0.25, 0.3) is 0 Å². The lowest BCUT2D eigenvalue weighted by molar-refractivity contribution is -0.0521. The highest BCUT2D eigenvalue weighted by atomic mass is 19.3. The Hall–Kier alpha value is -3.10. The number of rotatable bonds is 7. The van der Waals surface area contributed by atoms with Gasteiger partial charge in [-0.15, -0.1) is 0 Å². The molecule has 9 heteroatoms. The summed E-state index contributed by atoms with van der Waals surface area (Å²) < 4.78 is 47.3. The molecule has 2 N–H and O–H groups in total. The Morgan fingerprint density at radius 2 is 2.12 bits per heavy atom. The van der Waals surface area contributed by atoms with E-state index in [0.29, 0.717) is 5.88 Å². The number of hydrogen-bond acceptors (Lipinski definition) is 6. The molecule has 0 amide bonds. The predicted octanol–water partition coefficient (Wildman–Crippen LogP) is 3.23. The third kappa shape index (κ3) is 5.79. The van der Waals surface area contributed by atoms with Crippen LogP contribution in [0.3, 0.4) is 0 Å². The van der Waals surface area contributed by atoms with Crippen molar-refractivity contribution < 1.29 is 22.6 Å². The van der Waals surface area contributed by atoms with Crippen LogP contribution in [0.1, 0.15) is 5.56 Å². The number of benzene rings is 1. The molecule has 0 unspecified atom stereocenters. The minimum absolute atomic E-state index is 0.00195. The van der Waals surface area contributed by atoms with Crippen molar-refractivity contribution >= 4 is 17.6 Å². The highest BCUT2D eigenvalue weighted by Gasteiger charge is 2.10. The molecule has 0 atom stereocenters. The molecule has 132 valence electrons. The fourth-order valence-electron chi connectivity index (χ4n) is 1.75. The number of aromatic nitrogens is 1. The average Bonchev–Trinajstić information content (AvgIpc) is 2.57. The smallest absolute Gasteiger partial charge is 0.387 e. The molecule has 0 saturated heterocycles. The third-order valence-electron chi connectivity index (χ3n) is 2.92. The van der Waals surface area contributed by atoms with Gasteiger partial charge in [0.15, 0.2) is 11.6 Å². The first-order chi connectivity index (χ1) is 12.0. The van der Waals surface area contributed by atoms with Crippen molar-refractivity contribution in [2.75, 3.05) is 6.61 Å². The molecule has 0 bridgehead atoms. The van der Waals surface area contributed by atoms with Crippen LogP contribution in [0.15, 0.2) is 46.6 Å². The number of hydrogen-bond donors (Lipinski definition) is 1. The first-order valence-corrected chi connectivity index (χ1v) is 7.08. The van der Waals surface area contributed by atoms with Crippen molar-refractivity contribution in [1.29, 1.82) is 0 Å². The molecule has 0 radical (unpaired) electrons. The first kappa shape index (κ1) is 18.2. The Balaban J connectivity index is 2.03. The number of ether oxygens (including phenoxy) is 2. The van der Waals surface area contributed by atoms with Crippen molar-refractivity contribution in [2.24, 2.45) is 15.9 Å². The monoisotopic (exact) mass is 352 g/mol. The Bertz CT molecular complexity index is 782. The molecule has 1 heterocycles. The number of alkyl halides is 2. The van der Waals surface area contributed by atoms with Crippen LogP contribution in [0.2, 0.25) is 0 Å². The number of nitrogens with zero attached hydrogens (tertiary/aromatic N) is 3. The van der Waals surface area contributed by atoms with Gasteiger partial charge >= 0.3 is 6.61 Å². The summed E-state index contributed by atoms with van der Waals surface area (Å²) in [5.41, 5.74) is 1.43. The van der Waals surface area contributed by atoms with Crippen LogP contribution < -0.4 is 15.3 Å². The molecule has 6 nitrogen and oxygen atoms in total. The molecular weight excluding hydrogens is 337 g/mol. The number of hydrazone groups is 1. The maximum atomic E-state index is 13.4. The average molecular weight is 352 g/mol. The number of nitrogens with two attached hydrogens (primary N) is 1. The van der Waals surface area contributed by atoms with Gasteiger partial charge in [-0.2, -0.15) is 13.9 Å². The van der Waals surface area contributed by atoms with Gasteiger partial charge in [-0.1, -0.05) is 0 Å². The summed E-state index contributed by atoms with van der Waals surface area (Å²) >= 11 is 0. The topological polar surface area (TPSA) is 82.1 Å². The Morgan fingerprint density at radius 1 is 1.32 bits per heavy atom. The predicted molar refractivity (Wildman–Crippen MR) is 87.3 cm³/mol. The maximum absolute atomic E-state index is 13.4. The highest BCUT2D eigenvalue weighted by Crippen LogP contribution is 2.25. The molecule has 1 aromatic heterocycles. The van der Waals surface area contributed by atoms with E-state index in [-0.39, 0.29) is 18.0 Å². The van der Waals surface area contributed by atoms with E-state index in [9.17, 15) is 13.2 Å². The van der Waals surface area contributed by atoms with Crippen LogP contribution in [0.25, 0.3) is 0 Å². The van der Waals surface area contributed by atoms with Crippen LogP contribution in [-0.2, 0) is 0 Å². The second-order valence-corrected chi connectivity index (χ2v) is 4.83. The van der Waals surface area contributed by atoms with Gasteiger partial charge in [-0.25, -0.2) is 9.37 Å². The van der Waals surface area contributed by atoms with E-state index in [1.807, 2.05) is 13.0 Å². The molecule has 1 aromatic carbocycles. The Kier molecular flexibility index (Phi) is 6.33. The summed E-state index contributed by atoms with van der Waals surface area (Å²) in [5.74, 6) is 4.14. The van der Waals surface area contributed by atoms with Gasteiger partial charge in [0.1, 0.15) is 12.3 Å². The van der Waals surface area contributed by atoms with E-state index in [0.717, 1.165) is 17.7 Å². The highest BCUT2D eigenvalue weighted by molar-refractivity contribution is 6.31. The third-order valence-corrected chi connectivity index (χ3v) is 2.92. The molecule has 0 aliphatic rings. The second kappa shape index (κ2) is 8.67. The Morgan fingerprint density at radius 3 is 2.80 bits per heavy atom. The Labute approximate surface area is 141 Å². The molecule has 0 saturated carbocycles. The molecule has 0 spiro atoms. The standard InChI is InChI=1S/C16H15F3N4O2/c1-10-4-5-21-15(6-10)24-9-12(23-20)8-22-11-2-3-13(17)14(7-11)25-16(18)19/h2-8,16H,9,20H2,1H3. The van der Waals surface area contributed by atoms with Gasteiger partial charge in [-0.05, 0) is 30.7 Å². The largest absolute Gasteiger partial charge is 0.471 e. The van der Waals surface area contributed by atoms with Gasteiger partial charge in [0.05, 0.1) is 11.9 Å². The van der Waals surface area contributed by atoms with Gasteiger partial charge in [0, 0.05) is 18.3 Å². The van der Waals surface area contributed by atoms with Crippen molar-refractivity contribution in [3.8, 4) is 11.6 Å². The van der Waals surface area contributed by atoms with Crippen LogP contribution in [0, 0.1) is 12.7 Å². The number of aliphatic imine (C=N–C) groups is 1. The molecule has 0 aliphatic carbocycles. The van der Waals surface area contributed by atoms with Gasteiger partial charge in [-0.3, -0.25) is 4.99 Å². The quantitative estimate of drug-likeness (QED) is 0.471. The molecule has 25 heavy (non-hydrogen) atoms. The zero-order chi connectivity index (χ0) is 18.2. The molecule has 0 fully saturated rings.